The monoisotopic (exact) mass is 808 g/mol. The number of phenolic OH excluding ortho intramolecular Hbond substituents is 1. The Kier molecular flexibility index (Phi) is 9.38. The molecule has 1 amide bonds. The number of anilines is 1. The van der Waals surface area contributed by atoms with Crippen LogP contribution in [0.2, 0.25) is 0 Å². The van der Waals surface area contributed by atoms with Crippen molar-refractivity contribution in [1.29, 1.82) is 0 Å². The second kappa shape index (κ2) is 14.4. The zero-order chi connectivity index (χ0) is 40.8. The van der Waals surface area contributed by atoms with E-state index in [9.17, 15) is 15.0 Å². The molecule has 6 fully saturated rings. The van der Waals surface area contributed by atoms with Gasteiger partial charge < -0.3 is 34.2 Å². The summed E-state index contributed by atoms with van der Waals surface area (Å²) in [5.74, 6) is 3.37. The Hall–Kier alpha value is -4.84. The van der Waals surface area contributed by atoms with Crippen LogP contribution in [0.5, 0.6) is 17.6 Å². The Morgan fingerprint density at radius 2 is 1.86 bits per heavy atom. The van der Waals surface area contributed by atoms with Crippen molar-refractivity contribution in [3.8, 4) is 41.2 Å². The molecule has 3 aliphatic heterocycles. The van der Waals surface area contributed by atoms with Crippen molar-refractivity contribution in [2.45, 2.75) is 63.5 Å². The molecule has 14 heteroatoms. The molecule has 0 bridgehead atoms. The number of methoxy groups -OCH3 is 1. The molecule has 2 aromatic carbocycles. The maximum absolute atomic E-state index is 17.4. The molecule has 4 aromatic rings. The number of carbonyl (C=O) groups excluding carboxylic acids is 1. The van der Waals surface area contributed by atoms with Gasteiger partial charge in [-0.15, -0.1) is 6.42 Å². The predicted molar refractivity (Wildman–Crippen MR) is 216 cm³/mol. The second-order valence-electron chi connectivity index (χ2n) is 18.1. The van der Waals surface area contributed by atoms with Crippen LogP contribution in [0.15, 0.2) is 24.3 Å². The minimum absolute atomic E-state index is 0.0137. The first-order valence-electron chi connectivity index (χ1n) is 21.1. The summed E-state index contributed by atoms with van der Waals surface area (Å²) in [5, 5.41) is 22.8. The minimum Gasteiger partial charge on any atom is -0.508 e. The number of rotatable bonds is 9. The Balaban J connectivity index is 1.01. The van der Waals surface area contributed by atoms with Gasteiger partial charge in [-0.25, -0.2) is 13.8 Å². The van der Waals surface area contributed by atoms with Gasteiger partial charge >= 0.3 is 6.01 Å². The summed E-state index contributed by atoms with van der Waals surface area (Å²) in [7, 11) is 1.40. The molecule has 59 heavy (non-hydrogen) atoms. The van der Waals surface area contributed by atoms with E-state index in [2.05, 4.69) is 20.7 Å². The summed E-state index contributed by atoms with van der Waals surface area (Å²) in [6, 6.07) is 5.71. The van der Waals surface area contributed by atoms with Crippen LogP contribution < -0.4 is 14.4 Å². The van der Waals surface area contributed by atoms with E-state index in [1.54, 1.807) is 6.92 Å². The average Bonchev–Trinajstić information content (AvgIpc) is 4.09. The lowest BCUT2D eigenvalue weighted by atomic mass is 9.75. The number of pyridine rings is 1. The Bertz CT molecular complexity index is 2390. The van der Waals surface area contributed by atoms with Gasteiger partial charge in [0.25, 0.3) is 0 Å². The van der Waals surface area contributed by atoms with E-state index in [0.717, 1.165) is 71.1 Å². The summed E-state index contributed by atoms with van der Waals surface area (Å²) >= 11 is 0. The highest BCUT2D eigenvalue weighted by Gasteiger charge is 2.59. The van der Waals surface area contributed by atoms with E-state index >= 15 is 8.78 Å². The lowest BCUT2D eigenvalue weighted by molar-refractivity contribution is -0.132. The second-order valence-corrected chi connectivity index (χ2v) is 18.1. The van der Waals surface area contributed by atoms with Crippen molar-refractivity contribution in [1.82, 2.24) is 24.8 Å². The maximum atomic E-state index is 17.4. The van der Waals surface area contributed by atoms with Crippen molar-refractivity contribution in [2.24, 2.45) is 29.1 Å². The highest BCUT2D eigenvalue weighted by atomic mass is 19.1. The Morgan fingerprint density at radius 3 is 2.63 bits per heavy atom. The number of β-amino-alcohol motifs (C(OH)–C–C–N with tert-alkyl or cyclic N) is 1. The molecule has 3 saturated carbocycles. The van der Waals surface area contributed by atoms with E-state index in [-0.39, 0.29) is 87.7 Å². The van der Waals surface area contributed by atoms with Crippen molar-refractivity contribution in [2.75, 3.05) is 71.1 Å². The molecule has 310 valence electrons. The molecule has 0 spiro atoms. The van der Waals surface area contributed by atoms with Crippen LogP contribution >= 0.6 is 0 Å². The number of piperidine rings is 2. The largest absolute Gasteiger partial charge is 0.508 e. The van der Waals surface area contributed by atoms with Gasteiger partial charge in [0.2, 0.25) is 11.8 Å². The lowest BCUT2D eigenvalue weighted by Crippen LogP contribution is -2.52. The van der Waals surface area contributed by atoms with E-state index in [0.29, 0.717) is 48.2 Å². The summed E-state index contributed by atoms with van der Waals surface area (Å²) in [4.78, 5) is 33.6. The zero-order valence-corrected chi connectivity index (χ0v) is 33.6. The fourth-order valence-electron chi connectivity index (χ4n) is 11.1. The third-order valence-electron chi connectivity index (χ3n) is 14.1. The van der Waals surface area contributed by atoms with Crippen molar-refractivity contribution < 1.29 is 38.0 Å². The van der Waals surface area contributed by atoms with Crippen LogP contribution in [0, 0.1) is 53.1 Å². The van der Waals surface area contributed by atoms with Gasteiger partial charge in [-0.05, 0) is 93.3 Å². The number of nitrogens with zero attached hydrogens (tertiary/aromatic N) is 6. The number of aromatic nitrogens is 3. The number of benzene rings is 2. The average molecular weight is 809 g/mol. The number of likely N-dealkylation sites (tertiary alicyclic amines) is 2. The van der Waals surface area contributed by atoms with E-state index in [1.165, 1.54) is 31.4 Å². The predicted octanol–water partition coefficient (Wildman–Crippen LogP) is 5.53. The fraction of sp³-hybridized carbons (Fsp3) is 0.556. The molecule has 3 saturated heterocycles. The molecule has 2 N–H and O–H groups in total. The summed E-state index contributed by atoms with van der Waals surface area (Å²) in [5.41, 5.74) is -1.81. The number of terminal acetylenes is 1. The van der Waals surface area contributed by atoms with Gasteiger partial charge in [0.15, 0.2) is 5.82 Å². The quantitative estimate of drug-likeness (QED) is 0.207. The van der Waals surface area contributed by atoms with Gasteiger partial charge in [0, 0.05) is 54.5 Å². The number of hydrogen-bond donors (Lipinski definition) is 2. The van der Waals surface area contributed by atoms with Crippen LogP contribution in [0.25, 0.3) is 32.9 Å². The number of halogens is 2. The van der Waals surface area contributed by atoms with Crippen LogP contribution in [0.3, 0.4) is 0 Å². The third kappa shape index (κ3) is 6.70. The molecule has 5 heterocycles. The first-order valence-corrected chi connectivity index (χ1v) is 21.1. The first-order chi connectivity index (χ1) is 28.5. The molecule has 10 rings (SSSR count). The number of aliphatic hydroxyl groups is 1. The SMILES string of the molecule is C#Cc1c(F)ccc2cc(O)cc(-c3nc(OC)c4c(N5CCOCC(C)(O)C5)nc(OCC56CCCC5N(CC5C7CN(C(=O)C8CC8)CC75)CCC6)nc4c3F)c12. The van der Waals surface area contributed by atoms with Crippen molar-refractivity contribution in [3.05, 3.63) is 41.5 Å². The van der Waals surface area contributed by atoms with Crippen LogP contribution in [-0.4, -0.2) is 119 Å². The van der Waals surface area contributed by atoms with Crippen molar-refractivity contribution >= 4 is 33.4 Å². The summed E-state index contributed by atoms with van der Waals surface area (Å²) in [6.45, 7) is 6.72. The standard InChI is InChI=1S/C45H50F2N6O6/c1-4-28-33(46)11-10-26-17-27(54)18-29(35(26)28)38-37(47)39-36(41(48-38)57-3)40(52-15-16-58-23-44(2,56)22-52)50-43(49-39)59-24-45-12-5-7-34(45)51(14-6-13-45)19-30-31-20-53(21-32(30)31)42(55)25-8-9-25/h1,10-11,17-18,25,30-32,34,54,56H,5-9,12-16,19-24H2,2-3H3. The van der Waals surface area contributed by atoms with E-state index in [1.807, 2.05) is 4.90 Å². The van der Waals surface area contributed by atoms with Gasteiger partial charge in [0.05, 0.1) is 39.0 Å². The highest BCUT2D eigenvalue weighted by molar-refractivity contribution is 6.04. The molecule has 0 radical (unpaired) electrons. The van der Waals surface area contributed by atoms with Crippen LogP contribution in [-0.2, 0) is 9.53 Å². The van der Waals surface area contributed by atoms with Crippen molar-refractivity contribution in [3.63, 3.8) is 0 Å². The number of aromatic hydroxyl groups is 1. The van der Waals surface area contributed by atoms with E-state index < -0.39 is 17.2 Å². The number of fused-ring (bicyclic) bond motifs is 4. The van der Waals surface area contributed by atoms with E-state index in [4.69, 9.17) is 30.6 Å². The van der Waals surface area contributed by atoms with Gasteiger partial charge in [-0.1, -0.05) is 18.4 Å². The first kappa shape index (κ1) is 38.4. The normalized spacial score (nSPS) is 29.3. The van der Waals surface area contributed by atoms with Gasteiger partial charge in [-0.2, -0.15) is 9.97 Å². The number of carbonyl (C=O) groups is 1. The van der Waals surface area contributed by atoms with Crippen LogP contribution in [0.1, 0.15) is 57.4 Å². The van der Waals surface area contributed by atoms with Gasteiger partial charge in [0.1, 0.15) is 39.6 Å². The molecule has 2 aromatic heterocycles. The smallest absolute Gasteiger partial charge is 0.319 e. The lowest BCUT2D eigenvalue weighted by Gasteiger charge is -2.46. The topological polar surface area (TPSA) is 134 Å². The van der Waals surface area contributed by atoms with Crippen LogP contribution in [0.4, 0.5) is 14.6 Å². The summed E-state index contributed by atoms with van der Waals surface area (Å²) in [6.07, 6.45) is 13.1. The summed E-state index contributed by atoms with van der Waals surface area (Å²) < 4.78 is 50.7. The maximum Gasteiger partial charge on any atom is 0.319 e. The van der Waals surface area contributed by atoms with Gasteiger partial charge in [-0.3, -0.25) is 9.69 Å². The molecule has 5 unspecified atom stereocenters. The number of phenols is 1. The molecule has 12 nitrogen and oxygen atoms in total. The Morgan fingerprint density at radius 1 is 1.07 bits per heavy atom. The number of ether oxygens (including phenoxy) is 3. The molecular formula is C45H50F2N6O6. The Labute approximate surface area is 341 Å². The highest BCUT2D eigenvalue weighted by Crippen LogP contribution is 2.55. The number of hydrogen-bond acceptors (Lipinski definition) is 11. The molecule has 5 atom stereocenters. The third-order valence-corrected chi connectivity index (χ3v) is 14.1. The molecule has 3 aliphatic carbocycles. The molecule has 6 aliphatic rings. The fourth-order valence-corrected chi connectivity index (χ4v) is 11.1. The number of amides is 1. The minimum atomic E-state index is -1.25. The zero-order valence-electron chi connectivity index (χ0n) is 33.6. The molecular weight excluding hydrogens is 759 g/mol.